The van der Waals surface area contributed by atoms with E-state index < -0.39 is 0 Å². The van der Waals surface area contributed by atoms with Crippen LogP contribution in [0, 0.1) is 0 Å². The topological polar surface area (TPSA) is 63.9 Å². The molecule has 0 spiro atoms. The Labute approximate surface area is 179 Å². The number of hydrogen-bond donors (Lipinski definition) is 0. The van der Waals surface area contributed by atoms with E-state index in [0.717, 1.165) is 14.9 Å². The van der Waals surface area contributed by atoms with Crippen LogP contribution in [0.4, 0.5) is 5.13 Å². The third-order valence-electron chi connectivity index (χ3n) is 4.52. The molecule has 0 saturated carbocycles. The van der Waals surface area contributed by atoms with Crippen LogP contribution >= 0.6 is 34.3 Å². The summed E-state index contributed by atoms with van der Waals surface area (Å²) < 4.78 is 3.73. The van der Waals surface area contributed by atoms with Crippen molar-refractivity contribution in [3.63, 3.8) is 0 Å². The van der Waals surface area contributed by atoms with Gasteiger partial charge in [0, 0.05) is 24.5 Å². The number of carbonyl (C=O) groups excluding carboxylic acids is 1. The van der Waals surface area contributed by atoms with Crippen LogP contribution < -0.4 is 4.90 Å². The molecule has 3 heterocycles. The van der Waals surface area contributed by atoms with Crippen molar-refractivity contribution in [2.45, 2.75) is 6.54 Å². The van der Waals surface area contributed by atoms with E-state index in [9.17, 15) is 4.79 Å². The molecule has 6 nitrogen and oxygen atoms in total. The van der Waals surface area contributed by atoms with Crippen LogP contribution in [-0.2, 0) is 6.54 Å². The number of thiazole rings is 2. The molecule has 0 fully saturated rings. The highest BCUT2D eigenvalue weighted by Crippen LogP contribution is 2.33. The van der Waals surface area contributed by atoms with Gasteiger partial charge in [-0.1, -0.05) is 29.0 Å². The third kappa shape index (κ3) is 3.50. The predicted molar refractivity (Wildman–Crippen MR) is 118 cm³/mol. The quantitative estimate of drug-likeness (QED) is 0.382. The summed E-state index contributed by atoms with van der Waals surface area (Å²) in [4.78, 5) is 24.1. The fraction of sp³-hybridized carbons (Fsp3) is 0.100. The van der Waals surface area contributed by atoms with Crippen molar-refractivity contribution in [3.8, 4) is 0 Å². The highest BCUT2D eigenvalue weighted by Gasteiger charge is 2.22. The predicted octanol–water partition coefficient (Wildman–Crippen LogP) is 5.10. The number of aromatic nitrogens is 4. The number of nitrogens with zero attached hydrogens (tertiary/aromatic N) is 5. The lowest BCUT2D eigenvalue weighted by molar-refractivity contribution is 0.0986. The third-order valence-corrected chi connectivity index (χ3v) is 6.66. The molecule has 3 aromatic heterocycles. The van der Waals surface area contributed by atoms with Crippen LogP contribution in [0.5, 0.6) is 0 Å². The number of para-hydroxylation sites is 1. The second-order valence-corrected chi connectivity index (χ2v) is 8.65. The van der Waals surface area contributed by atoms with Gasteiger partial charge in [-0.05, 0) is 36.4 Å². The Morgan fingerprint density at radius 3 is 2.93 bits per heavy atom. The average molecular weight is 440 g/mol. The van der Waals surface area contributed by atoms with Gasteiger partial charge in [0.2, 0.25) is 0 Å². The van der Waals surface area contributed by atoms with Crippen molar-refractivity contribution in [2.75, 3.05) is 11.4 Å². The maximum Gasteiger partial charge on any atom is 0.260 e. The summed E-state index contributed by atoms with van der Waals surface area (Å²) in [6.07, 6.45) is 3.60. The largest absolute Gasteiger partial charge is 0.282 e. The molecule has 0 atom stereocenters. The van der Waals surface area contributed by atoms with Gasteiger partial charge in [0.05, 0.1) is 32.0 Å². The Kier molecular flexibility index (Phi) is 4.75. The molecule has 0 radical (unpaired) electrons. The summed E-state index contributed by atoms with van der Waals surface area (Å²) in [5.41, 5.74) is 3.99. The van der Waals surface area contributed by atoms with Crippen molar-refractivity contribution in [1.82, 2.24) is 19.7 Å². The summed E-state index contributed by atoms with van der Waals surface area (Å²) in [6.45, 7) is 1.00. The Morgan fingerprint density at radius 2 is 2.10 bits per heavy atom. The van der Waals surface area contributed by atoms with Gasteiger partial charge in [-0.25, -0.2) is 9.97 Å². The number of hydrogen-bond acceptors (Lipinski definition) is 6. The van der Waals surface area contributed by atoms with Gasteiger partial charge in [0.25, 0.3) is 5.91 Å². The van der Waals surface area contributed by atoms with Crippen LogP contribution in [0.1, 0.15) is 10.4 Å². The summed E-state index contributed by atoms with van der Waals surface area (Å²) in [6, 6.07) is 13.1. The Balaban J connectivity index is 1.54. The van der Waals surface area contributed by atoms with E-state index in [1.165, 1.54) is 22.7 Å². The number of fused-ring (bicyclic) bond motifs is 2. The molecule has 0 aliphatic rings. The molecule has 2 aromatic carbocycles. The molecule has 0 aliphatic heterocycles. The van der Waals surface area contributed by atoms with Gasteiger partial charge in [-0.2, -0.15) is 5.10 Å². The van der Waals surface area contributed by atoms with E-state index in [0.29, 0.717) is 34.3 Å². The highest BCUT2D eigenvalue weighted by molar-refractivity contribution is 7.22. The molecule has 1 amide bonds. The Morgan fingerprint density at radius 1 is 1.17 bits per heavy atom. The first kappa shape index (κ1) is 18.2. The molecule has 0 N–H and O–H groups in total. The molecule has 5 aromatic rings. The second kappa shape index (κ2) is 7.55. The summed E-state index contributed by atoms with van der Waals surface area (Å²) in [7, 11) is 0. The molecule has 0 aliphatic carbocycles. The van der Waals surface area contributed by atoms with Gasteiger partial charge in [0.15, 0.2) is 5.13 Å². The van der Waals surface area contributed by atoms with E-state index >= 15 is 0 Å². The van der Waals surface area contributed by atoms with Crippen molar-refractivity contribution < 1.29 is 4.79 Å². The van der Waals surface area contributed by atoms with Gasteiger partial charge in [-0.3, -0.25) is 14.4 Å². The van der Waals surface area contributed by atoms with E-state index in [2.05, 4.69) is 15.1 Å². The van der Waals surface area contributed by atoms with Crippen LogP contribution in [0.2, 0.25) is 5.02 Å². The first-order chi connectivity index (χ1) is 14.2. The number of halogens is 1. The first-order valence-electron chi connectivity index (χ1n) is 8.86. The van der Waals surface area contributed by atoms with Crippen LogP contribution in [-0.4, -0.2) is 32.2 Å². The molecular weight excluding hydrogens is 426 g/mol. The Hall–Kier alpha value is -2.81. The van der Waals surface area contributed by atoms with Gasteiger partial charge in [0.1, 0.15) is 5.52 Å². The van der Waals surface area contributed by atoms with Crippen LogP contribution in [0.3, 0.4) is 0 Å². The zero-order valence-corrected chi connectivity index (χ0v) is 17.4. The van der Waals surface area contributed by atoms with Gasteiger partial charge in [-0.15, -0.1) is 11.3 Å². The van der Waals surface area contributed by atoms with Crippen molar-refractivity contribution >= 4 is 65.7 Å². The zero-order valence-electron chi connectivity index (χ0n) is 15.0. The van der Waals surface area contributed by atoms with E-state index in [4.69, 9.17) is 11.6 Å². The lowest BCUT2D eigenvalue weighted by Gasteiger charge is -2.20. The molecule has 0 bridgehead atoms. The van der Waals surface area contributed by atoms with Gasteiger partial charge >= 0.3 is 0 Å². The van der Waals surface area contributed by atoms with Crippen LogP contribution in [0.25, 0.3) is 20.4 Å². The highest BCUT2D eigenvalue weighted by atomic mass is 35.5. The molecule has 144 valence electrons. The van der Waals surface area contributed by atoms with Crippen molar-refractivity contribution in [2.24, 2.45) is 0 Å². The van der Waals surface area contributed by atoms with E-state index in [-0.39, 0.29) is 5.91 Å². The maximum atomic E-state index is 13.4. The first-order valence-corrected chi connectivity index (χ1v) is 10.9. The lowest BCUT2D eigenvalue weighted by atomic mass is 10.2. The lowest BCUT2D eigenvalue weighted by Crippen LogP contribution is -2.34. The smallest absolute Gasteiger partial charge is 0.260 e. The molecule has 0 unspecified atom stereocenters. The maximum absolute atomic E-state index is 13.4. The van der Waals surface area contributed by atoms with E-state index in [1.54, 1.807) is 27.4 Å². The fourth-order valence-corrected chi connectivity index (χ4v) is 5.09. The summed E-state index contributed by atoms with van der Waals surface area (Å²) in [5.74, 6) is -0.109. The molecular formula is C20H14ClN5OS2. The summed E-state index contributed by atoms with van der Waals surface area (Å²) >= 11 is 9.28. The van der Waals surface area contributed by atoms with Gasteiger partial charge < -0.3 is 0 Å². The van der Waals surface area contributed by atoms with Crippen molar-refractivity contribution in [3.05, 3.63) is 71.0 Å². The second-order valence-electron chi connectivity index (χ2n) is 6.34. The van der Waals surface area contributed by atoms with Crippen LogP contribution in [0.15, 0.2) is 60.4 Å². The molecule has 0 saturated heterocycles. The molecule has 9 heteroatoms. The minimum absolute atomic E-state index is 0.109. The number of anilines is 1. The monoisotopic (exact) mass is 439 g/mol. The number of rotatable bonds is 5. The number of benzene rings is 2. The normalized spacial score (nSPS) is 11.3. The SMILES string of the molecule is O=C(c1ccc2ncsc2c1)N(CCn1cccn1)c1nc2c(Cl)cccc2s1. The average Bonchev–Trinajstić information content (AvgIpc) is 3.48. The minimum atomic E-state index is -0.109. The molecule has 29 heavy (non-hydrogen) atoms. The fourth-order valence-electron chi connectivity index (χ4n) is 3.08. The van der Waals surface area contributed by atoms with Crippen molar-refractivity contribution in [1.29, 1.82) is 0 Å². The number of carbonyl (C=O) groups is 1. The standard InChI is InChI=1S/C20H14ClN5OS2/c21-14-3-1-4-16-18(14)24-20(29-16)26(10-9-25-8-2-7-23-25)19(27)13-5-6-15-17(11-13)28-12-22-15/h1-8,11-12H,9-10H2. The molecule has 5 rings (SSSR count). The minimum Gasteiger partial charge on any atom is -0.282 e. The number of amides is 1. The Bertz CT molecular complexity index is 1310. The zero-order chi connectivity index (χ0) is 19.8. The summed E-state index contributed by atoms with van der Waals surface area (Å²) in [5, 5.41) is 5.44. The van der Waals surface area contributed by atoms with E-state index in [1.807, 2.05) is 42.6 Å².